The summed E-state index contributed by atoms with van der Waals surface area (Å²) in [5.41, 5.74) is 3.98. The Hall–Kier alpha value is -1.30. The van der Waals surface area contributed by atoms with Gasteiger partial charge in [-0.1, -0.05) is 36.4 Å². The number of halogens is 2. The van der Waals surface area contributed by atoms with E-state index in [1.54, 1.807) is 7.11 Å². The molecule has 2 aromatic carbocycles. The molecule has 0 aliphatic carbocycles. The molecule has 1 heterocycles. The monoisotopic (exact) mass is 440 g/mol. The van der Waals surface area contributed by atoms with Gasteiger partial charge in [-0.25, -0.2) is 0 Å². The number of nitrogens with zero attached hydrogens (tertiary/aromatic N) is 1. The van der Waals surface area contributed by atoms with E-state index in [-0.39, 0.29) is 24.8 Å². The molecule has 0 amide bonds. The zero-order chi connectivity index (χ0) is 18.9. The summed E-state index contributed by atoms with van der Waals surface area (Å²) in [6.07, 6.45) is 2.25. The number of morpholine rings is 1. The summed E-state index contributed by atoms with van der Waals surface area (Å²) in [6, 6.07) is 17.7. The highest BCUT2D eigenvalue weighted by Gasteiger charge is 2.14. The van der Waals surface area contributed by atoms with Crippen molar-refractivity contribution in [3.8, 4) is 5.75 Å². The third kappa shape index (κ3) is 8.53. The van der Waals surface area contributed by atoms with Gasteiger partial charge in [0.15, 0.2) is 0 Å². The van der Waals surface area contributed by atoms with Crippen LogP contribution in [0.25, 0.3) is 0 Å². The van der Waals surface area contributed by atoms with Crippen LogP contribution in [0, 0.1) is 0 Å². The first-order chi connectivity index (χ1) is 13.2. The van der Waals surface area contributed by atoms with Crippen molar-refractivity contribution in [2.24, 2.45) is 0 Å². The Bertz CT molecular complexity index is 695. The predicted octanol–water partition coefficient (Wildman–Crippen LogP) is 4.48. The fraction of sp³-hybridized carbons (Fsp3) is 0.478. The zero-order valence-electron chi connectivity index (χ0n) is 17.4. The van der Waals surface area contributed by atoms with Gasteiger partial charge in [0.1, 0.15) is 5.75 Å². The summed E-state index contributed by atoms with van der Waals surface area (Å²) in [7, 11) is 1.75. The van der Waals surface area contributed by atoms with Gasteiger partial charge in [-0.15, -0.1) is 24.8 Å². The van der Waals surface area contributed by atoms with Gasteiger partial charge >= 0.3 is 0 Å². The molecule has 1 aliphatic rings. The van der Waals surface area contributed by atoms with E-state index >= 15 is 0 Å². The minimum atomic E-state index is 0. The van der Waals surface area contributed by atoms with E-state index < -0.39 is 0 Å². The standard InChI is InChI=1S/C23H32N2O2.2ClH/c1-19(8-9-20-6-4-3-5-7-20)24-17-21-10-11-23(26-2)22(16-21)18-25-12-14-27-15-13-25;;/h3-7,10-11,16,19,24H,8-9,12-15,17-18H2,1-2H3;2*1H. The molecular weight excluding hydrogens is 407 g/mol. The third-order valence-electron chi connectivity index (χ3n) is 5.21. The summed E-state index contributed by atoms with van der Waals surface area (Å²) in [6.45, 7) is 7.69. The lowest BCUT2D eigenvalue weighted by Crippen LogP contribution is -2.35. The number of ether oxygens (including phenoxy) is 2. The second-order valence-electron chi connectivity index (χ2n) is 7.34. The minimum Gasteiger partial charge on any atom is -0.496 e. The van der Waals surface area contributed by atoms with E-state index in [9.17, 15) is 0 Å². The van der Waals surface area contributed by atoms with Crippen LogP contribution in [0.4, 0.5) is 0 Å². The summed E-state index contributed by atoms with van der Waals surface area (Å²) >= 11 is 0. The van der Waals surface area contributed by atoms with Gasteiger partial charge in [-0.2, -0.15) is 0 Å². The highest BCUT2D eigenvalue weighted by molar-refractivity contribution is 5.85. The molecule has 0 aromatic heterocycles. The Kier molecular flexibility index (Phi) is 12.3. The molecule has 1 N–H and O–H groups in total. The van der Waals surface area contributed by atoms with E-state index in [4.69, 9.17) is 9.47 Å². The Morgan fingerprint density at radius 2 is 1.76 bits per heavy atom. The molecule has 1 unspecified atom stereocenters. The number of aryl methyl sites for hydroxylation is 1. The van der Waals surface area contributed by atoms with Crippen LogP contribution in [-0.2, 0) is 24.2 Å². The number of methoxy groups -OCH3 is 1. The largest absolute Gasteiger partial charge is 0.496 e. The Labute approximate surface area is 187 Å². The van der Waals surface area contributed by atoms with E-state index in [0.717, 1.165) is 58.0 Å². The van der Waals surface area contributed by atoms with Crippen molar-refractivity contribution >= 4 is 24.8 Å². The predicted molar refractivity (Wildman–Crippen MR) is 125 cm³/mol. The molecule has 0 bridgehead atoms. The Balaban J connectivity index is 0.00000210. The molecule has 1 atom stereocenters. The van der Waals surface area contributed by atoms with Crippen LogP contribution >= 0.6 is 24.8 Å². The normalized spacial score (nSPS) is 15.1. The molecule has 6 heteroatoms. The lowest BCUT2D eigenvalue weighted by Gasteiger charge is -2.27. The topological polar surface area (TPSA) is 33.7 Å². The van der Waals surface area contributed by atoms with Crippen molar-refractivity contribution < 1.29 is 9.47 Å². The van der Waals surface area contributed by atoms with Crippen LogP contribution in [0.3, 0.4) is 0 Å². The summed E-state index contributed by atoms with van der Waals surface area (Å²) < 4.78 is 11.0. The van der Waals surface area contributed by atoms with Gasteiger partial charge in [-0.05, 0) is 43.0 Å². The Morgan fingerprint density at radius 3 is 2.45 bits per heavy atom. The molecule has 1 fully saturated rings. The molecule has 2 aromatic rings. The maximum Gasteiger partial charge on any atom is 0.123 e. The SMILES string of the molecule is COc1ccc(CNC(C)CCc2ccccc2)cc1CN1CCOCC1.Cl.Cl. The molecule has 0 spiro atoms. The molecule has 1 saturated heterocycles. The third-order valence-corrected chi connectivity index (χ3v) is 5.21. The van der Waals surface area contributed by atoms with Crippen LogP contribution in [-0.4, -0.2) is 44.4 Å². The van der Waals surface area contributed by atoms with Gasteiger partial charge in [0.05, 0.1) is 20.3 Å². The number of nitrogens with one attached hydrogen (secondary N) is 1. The maximum atomic E-state index is 5.58. The van der Waals surface area contributed by atoms with Crippen LogP contribution in [0.15, 0.2) is 48.5 Å². The minimum absolute atomic E-state index is 0. The van der Waals surface area contributed by atoms with Crippen molar-refractivity contribution in [1.82, 2.24) is 10.2 Å². The highest BCUT2D eigenvalue weighted by Crippen LogP contribution is 2.22. The quantitative estimate of drug-likeness (QED) is 0.622. The average molecular weight is 441 g/mol. The molecular formula is C23H34Cl2N2O2. The lowest BCUT2D eigenvalue weighted by atomic mass is 10.1. The highest BCUT2D eigenvalue weighted by atomic mass is 35.5. The van der Waals surface area contributed by atoms with Crippen LogP contribution in [0.5, 0.6) is 5.75 Å². The first kappa shape index (κ1) is 25.7. The first-order valence-corrected chi connectivity index (χ1v) is 9.98. The number of benzene rings is 2. The molecule has 4 nitrogen and oxygen atoms in total. The number of rotatable bonds is 9. The molecule has 1 aliphatic heterocycles. The molecule has 162 valence electrons. The summed E-state index contributed by atoms with van der Waals surface area (Å²) in [5.74, 6) is 0.974. The second kappa shape index (κ2) is 13.8. The Morgan fingerprint density at radius 1 is 1.03 bits per heavy atom. The van der Waals surface area contributed by atoms with Gasteiger partial charge in [0, 0.05) is 37.8 Å². The van der Waals surface area contributed by atoms with Gasteiger partial charge in [0.2, 0.25) is 0 Å². The van der Waals surface area contributed by atoms with Crippen LogP contribution in [0.1, 0.15) is 30.0 Å². The van der Waals surface area contributed by atoms with Gasteiger partial charge < -0.3 is 14.8 Å². The van der Waals surface area contributed by atoms with Crippen LogP contribution in [0.2, 0.25) is 0 Å². The van der Waals surface area contributed by atoms with Crippen molar-refractivity contribution in [1.29, 1.82) is 0 Å². The number of hydrogen-bond donors (Lipinski definition) is 1. The molecule has 29 heavy (non-hydrogen) atoms. The van der Waals surface area contributed by atoms with Crippen molar-refractivity contribution in [3.05, 3.63) is 65.2 Å². The number of hydrogen-bond acceptors (Lipinski definition) is 4. The van der Waals surface area contributed by atoms with Crippen molar-refractivity contribution in [2.45, 2.75) is 38.9 Å². The second-order valence-corrected chi connectivity index (χ2v) is 7.34. The first-order valence-electron chi connectivity index (χ1n) is 9.98. The zero-order valence-corrected chi connectivity index (χ0v) is 19.1. The fourth-order valence-corrected chi connectivity index (χ4v) is 3.49. The average Bonchev–Trinajstić information content (AvgIpc) is 2.72. The molecule has 3 rings (SSSR count). The van der Waals surface area contributed by atoms with E-state index in [1.165, 1.54) is 16.7 Å². The molecule has 0 radical (unpaired) electrons. The van der Waals surface area contributed by atoms with E-state index in [1.807, 2.05) is 0 Å². The van der Waals surface area contributed by atoms with Crippen molar-refractivity contribution in [3.63, 3.8) is 0 Å². The molecule has 0 saturated carbocycles. The van der Waals surface area contributed by atoms with Gasteiger partial charge in [-0.3, -0.25) is 4.90 Å². The summed E-state index contributed by atoms with van der Waals surface area (Å²) in [5, 5.41) is 3.66. The van der Waals surface area contributed by atoms with Gasteiger partial charge in [0.25, 0.3) is 0 Å². The van der Waals surface area contributed by atoms with Crippen LogP contribution < -0.4 is 10.1 Å². The van der Waals surface area contributed by atoms with E-state index in [0.29, 0.717) is 6.04 Å². The van der Waals surface area contributed by atoms with Crippen molar-refractivity contribution in [2.75, 3.05) is 33.4 Å². The van der Waals surface area contributed by atoms with E-state index in [2.05, 4.69) is 65.7 Å². The fourth-order valence-electron chi connectivity index (χ4n) is 3.49. The smallest absolute Gasteiger partial charge is 0.123 e. The summed E-state index contributed by atoms with van der Waals surface area (Å²) in [4.78, 5) is 2.43. The maximum absolute atomic E-state index is 5.58. The lowest BCUT2D eigenvalue weighted by molar-refractivity contribution is 0.0339.